The van der Waals surface area contributed by atoms with Crippen molar-refractivity contribution >= 4 is 27.9 Å². The molecular formula is C19H12N6O5S. The Bertz CT molecular complexity index is 1420. The Morgan fingerprint density at radius 3 is 2.42 bits per heavy atom. The highest BCUT2D eigenvalue weighted by Gasteiger charge is 2.22. The maximum Gasteiger partial charge on any atom is 0.295 e. The lowest BCUT2D eigenvalue weighted by Crippen LogP contribution is -2.17. The number of anilines is 1. The number of nitriles is 2. The van der Waals surface area contributed by atoms with Crippen LogP contribution in [0.4, 0.5) is 5.82 Å². The van der Waals surface area contributed by atoms with E-state index in [2.05, 4.69) is 15.4 Å². The number of allylic oxidation sites excluding steroid dienone is 1. The number of hydrogen-bond acceptors (Lipinski definition) is 7. The fraction of sp³-hybridized carbons (Fsp3) is 0. The molecule has 0 saturated carbocycles. The van der Waals surface area contributed by atoms with Crippen LogP contribution in [-0.4, -0.2) is 33.6 Å². The molecule has 0 radical (unpaired) electrons. The van der Waals surface area contributed by atoms with Crippen LogP contribution in [0.15, 0.2) is 64.1 Å². The van der Waals surface area contributed by atoms with Crippen molar-refractivity contribution in [2.45, 2.75) is 4.90 Å². The van der Waals surface area contributed by atoms with Crippen molar-refractivity contribution in [2.24, 2.45) is 0 Å². The molecule has 2 heterocycles. The zero-order valence-electron chi connectivity index (χ0n) is 15.5. The van der Waals surface area contributed by atoms with Crippen LogP contribution >= 0.6 is 0 Å². The van der Waals surface area contributed by atoms with E-state index in [1.807, 2.05) is 0 Å². The summed E-state index contributed by atoms with van der Waals surface area (Å²) in [5.41, 5.74) is -1.32. The Labute approximate surface area is 175 Å². The fourth-order valence-corrected chi connectivity index (χ4v) is 3.34. The van der Waals surface area contributed by atoms with Crippen LogP contribution in [0.25, 0.3) is 11.8 Å². The van der Waals surface area contributed by atoms with Crippen LogP contribution in [0.3, 0.4) is 0 Å². The molecule has 0 bridgehead atoms. The zero-order valence-corrected chi connectivity index (χ0v) is 16.3. The van der Waals surface area contributed by atoms with E-state index in [1.165, 1.54) is 42.7 Å². The van der Waals surface area contributed by atoms with Crippen LogP contribution in [0.2, 0.25) is 0 Å². The molecule has 3 N–H and O–H groups in total. The second-order valence-electron chi connectivity index (χ2n) is 5.95. The van der Waals surface area contributed by atoms with Gasteiger partial charge in [-0.3, -0.25) is 24.2 Å². The first-order valence-corrected chi connectivity index (χ1v) is 9.85. The SMILES string of the molecule is N#CC(C#N)=Cc1c(NC(=O)c2ccccc2S(=O)(=O)O)[nH]n(-c2ccncc2)c1=O. The van der Waals surface area contributed by atoms with Gasteiger partial charge in [-0.25, -0.2) is 4.68 Å². The number of nitrogens with zero attached hydrogens (tertiary/aromatic N) is 4. The molecule has 12 heteroatoms. The predicted molar refractivity (Wildman–Crippen MR) is 108 cm³/mol. The Kier molecular flexibility index (Phi) is 5.79. The molecule has 2 aromatic heterocycles. The summed E-state index contributed by atoms with van der Waals surface area (Å²) in [5, 5.41) is 23.1. The molecular weight excluding hydrogens is 424 g/mol. The number of pyridine rings is 1. The third-order valence-electron chi connectivity index (χ3n) is 4.03. The number of H-pyrrole nitrogens is 1. The van der Waals surface area contributed by atoms with Gasteiger partial charge in [-0.1, -0.05) is 12.1 Å². The first-order chi connectivity index (χ1) is 14.8. The van der Waals surface area contributed by atoms with Crippen LogP contribution in [0, 0.1) is 22.7 Å². The third kappa shape index (κ3) is 4.40. The normalized spacial score (nSPS) is 10.5. The number of hydrogen-bond donors (Lipinski definition) is 3. The molecule has 1 amide bonds. The van der Waals surface area contributed by atoms with E-state index in [9.17, 15) is 22.6 Å². The largest absolute Gasteiger partial charge is 0.306 e. The highest BCUT2D eigenvalue weighted by atomic mass is 32.2. The topological polar surface area (TPSA) is 182 Å². The Hall–Kier alpha value is -4.52. The van der Waals surface area contributed by atoms with Gasteiger partial charge in [0.2, 0.25) is 0 Å². The van der Waals surface area contributed by atoms with E-state index in [4.69, 9.17) is 10.5 Å². The van der Waals surface area contributed by atoms with Gasteiger partial charge in [0.1, 0.15) is 28.4 Å². The second-order valence-corrected chi connectivity index (χ2v) is 7.34. The number of aromatic nitrogens is 3. The Balaban J connectivity index is 2.15. The smallest absolute Gasteiger partial charge is 0.295 e. The van der Waals surface area contributed by atoms with Gasteiger partial charge in [-0.15, -0.1) is 0 Å². The number of amides is 1. The van der Waals surface area contributed by atoms with Gasteiger partial charge in [0, 0.05) is 12.4 Å². The lowest BCUT2D eigenvalue weighted by molar-refractivity contribution is 0.102. The molecule has 11 nitrogen and oxygen atoms in total. The van der Waals surface area contributed by atoms with Crippen molar-refractivity contribution in [1.29, 1.82) is 10.5 Å². The van der Waals surface area contributed by atoms with E-state index in [0.717, 1.165) is 16.8 Å². The van der Waals surface area contributed by atoms with Gasteiger partial charge in [-0.2, -0.15) is 18.9 Å². The van der Waals surface area contributed by atoms with Crippen molar-refractivity contribution in [3.8, 4) is 17.8 Å². The Morgan fingerprint density at radius 1 is 1.16 bits per heavy atom. The summed E-state index contributed by atoms with van der Waals surface area (Å²) in [4.78, 5) is 28.8. The van der Waals surface area contributed by atoms with E-state index in [-0.39, 0.29) is 16.9 Å². The summed E-state index contributed by atoms with van der Waals surface area (Å²) in [6.07, 6.45) is 3.84. The Morgan fingerprint density at radius 2 is 1.81 bits per heavy atom. The van der Waals surface area contributed by atoms with Gasteiger partial charge in [0.15, 0.2) is 0 Å². The number of benzene rings is 1. The van der Waals surface area contributed by atoms with Crippen molar-refractivity contribution in [3.05, 3.63) is 75.8 Å². The monoisotopic (exact) mass is 436 g/mol. The zero-order chi connectivity index (χ0) is 22.6. The van der Waals surface area contributed by atoms with Gasteiger partial charge in [-0.05, 0) is 30.3 Å². The molecule has 0 aliphatic heterocycles. The van der Waals surface area contributed by atoms with E-state index in [0.29, 0.717) is 5.69 Å². The lowest BCUT2D eigenvalue weighted by atomic mass is 10.2. The fourth-order valence-electron chi connectivity index (χ4n) is 2.65. The number of nitrogens with one attached hydrogen (secondary N) is 2. The molecule has 3 aromatic rings. The van der Waals surface area contributed by atoms with Crippen LogP contribution in [0.5, 0.6) is 0 Å². The summed E-state index contributed by atoms with van der Waals surface area (Å²) in [5.74, 6) is -1.15. The molecule has 0 unspecified atom stereocenters. The van der Waals surface area contributed by atoms with Crippen molar-refractivity contribution in [2.75, 3.05) is 5.32 Å². The van der Waals surface area contributed by atoms with Crippen molar-refractivity contribution in [1.82, 2.24) is 14.8 Å². The van der Waals surface area contributed by atoms with Crippen LogP contribution in [0.1, 0.15) is 15.9 Å². The van der Waals surface area contributed by atoms with Crippen LogP contribution < -0.4 is 10.9 Å². The van der Waals surface area contributed by atoms with Gasteiger partial charge >= 0.3 is 0 Å². The highest BCUT2D eigenvalue weighted by molar-refractivity contribution is 7.86. The number of rotatable bonds is 5. The first kappa shape index (κ1) is 21.2. The predicted octanol–water partition coefficient (Wildman–Crippen LogP) is 1.49. The number of aromatic amines is 1. The number of carbonyl (C=O) groups excluding carboxylic acids is 1. The average Bonchev–Trinajstić information content (AvgIpc) is 3.06. The average molecular weight is 436 g/mol. The van der Waals surface area contributed by atoms with E-state index >= 15 is 0 Å². The highest BCUT2D eigenvalue weighted by Crippen LogP contribution is 2.19. The van der Waals surface area contributed by atoms with Gasteiger partial charge in [0.05, 0.1) is 16.8 Å². The maximum absolute atomic E-state index is 12.9. The molecule has 0 spiro atoms. The van der Waals surface area contributed by atoms with E-state index < -0.39 is 32.1 Å². The molecule has 0 fully saturated rings. The number of carbonyl (C=O) groups is 1. The van der Waals surface area contributed by atoms with E-state index in [1.54, 1.807) is 12.1 Å². The summed E-state index contributed by atoms with van der Waals surface area (Å²) >= 11 is 0. The maximum atomic E-state index is 12.9. The van der Waals surface area contributed by atoms with Gasteiger partial charge < -0.3 is 5.32 Å². The summed E-state index contributed by atoms with van der Waals surface area (Å²) in [6, 6.07) is 11.2. The summed E-state index contributed by atoms with van der Waals surface area (Å²) in [7, 11) is -4.70. The first-order valence-electron chi connectivity index (χ1n) is 8.41. The minimum absolute atomic E-state index is 0.194. The standard InChI is InChI=1S/C19H12N6O5S/c20-10-12(11-21)9-15-17(24-25(19(15)27)13-5-7-22-8-6-13)23-18(26)14-3-1-2-4-16(14)31(28,29)30/h1-9,24H,(H,23,26)(H,28,29,30). The van der Waals surface area contributed by atoms with Crippen molar-refractivity contribution < 1.29 is 17.8 Å². The molecule has 31 heavy (non-hydrogen) atoms. The van der Waals surface area contributed by atoms with Crippen LogP contribution in [-0.2, 0) is 10.1 Å². The summed E-state index contributed by atoms with van der Waals surface area (Å²) in [6.45, 7) is 0. The van der Waals surface area contributed by atoms with Crippen molar-refractivity contribution in [3.63, 3.8) is 0 Å². The molecule has 1 aromatic carbocycles. The van der Waals surface area contributed by atoms with Gasteiger partial charge in [0.25, 0.3) is 21.6 Å². The summed E-state index contributed by atoms with van der Waals surface area (Å²) < 4.78 is 33.5. The quantitative estimate of drug-likeness (QED) is 0.397. The molecule has 154 valence electrons. The minimum Gasteiger partial charge on any atom is -0.306 e. The third-order valence-corrected chi connectivity index (χ3v) is 4.94. The molecule has 0 atom stereocenters. The molecule has 0 aliphatic rings. The molecule has 0 aliphatic carbocycles. The second kappa shape index (κ2) is 8.46. The molecule has 3 rings (SSSR count). The molecule has 0 saturated heterocycles. The lowest BCUT2D eigenvalue weighted by Gasteiger charge is -2.08. The minimum atomic E-state index is -4.70.